The number of nitrogens with zero attached hydrogens (tertiary/aromatic N) is 5. The first kappa shape index (κ1) is 32.2. The molecule has 3 heterocycles. The number of benzene rings is 5. The van der Waals surface area contributed by atoms with E-state index in [9.17, 15) is 5.11 Å². The highest BCUT2D eigenvalue weighted by Crippen LogP contribution is 2.41. The van der Waals surface area contributed by atoms with Gasteiger partial charge >= 0.3 is 0 Å². The van der Waals surface area contributed by atoms with Crippen molar-refractivity contribution in [1.82, 2.24) is 14.5 Å². The van der Waals surface area contributed by atoms with Crippen LogP contribution in [0.25, 0.3) is 82.1 Å². The number of phenolic OH excluding ortho intramolecular Hbond substituents is 1. The summed E-state index contributed by atoms with van der Waals surface area (Å²) in [6.07, 6.45) is 1.87. The Hall–Kier alpha value is -7.02. The molecule has 0 unspecified atom stereocenters. The lowest BCUT2D eigenvalue weighted by Gasteiger charge is -2.19. The van der Waals surface area contributed by atoms with Gasteiger partial charge in [-0.05, 0) is 100 Å². The van der Waals surface area contributed by atoms with E-state index in [0.717, 1.165) is 61.1 Å². The smallest absolute Gasteiger partial charge is 0.188 e. The Kier molecular flexibility index (Phi) is 7.86. The third kappa shape index (κ3) is 5.73. The second kappa shape index (κ2) is 12.7. The Morgan fingerprint density at radius 1 is 0.577 bits per heavy atom. The van der Waals surface area contributed by atoms with E-state index in [1.165, 1.54) is 5.56 Å². The summed E-state index contributed by atoms with van der Waals surface area (Å²) >= 11 is 0. The average molecular weight is 672 g/mol. The molecule has 8 rings (SSSR count). The molecule has 0 saturated carbocycles. The minimum absolute atomic E-state index is 0.0139. The Labute approximate surface area is 302 Å². The van der Waals surface area contributed by atoms with E-state index < -0.39 is 0 Å². The topological polar surface area (TPSA) is 59.7 Å². The van der Waals surface area contributed by atoms with Crippen molar-refractivity contribution in [2.75, 3.05) is 0 Å². The quantitative estimate of drug-likeness (QED) is 0.185. The maximum atomic E-state index is 11.0. The monoisotopic (exact) mass is 671 g/mol. The summed E-state index contributed by atoms with van der Waals surface area (Å²) in [5.74, 6) is 0.150. The van der Waals surface area contributed by atoms with Crippen LogP contribution in [0.5, 0.6) is 5.75 Å². The second-order valence-corrected chi connectivity index (χ2v) is 13.9. The van der Waals surface area contributed by atoms with Crippen molar-refractivity contribution >= 4 is 33.2 Å². The zero-order chi connectivity index (χ0) is 36.0. The van der Waals surface area contributed by atoms with Crippen LogP contribution < -0.4 is 0 Å². The van der Waals surface area contributed by atoms with Gasteiger partial charge in [-0.1, -0.05) is 81.4 Å². The summed E-state index contributed by atoms with van der Waals surface area (Å²) in [5.41, 5.74) is 11.8. The van der Waals surface area contributed by atoms with Crippen LogP contribution >= 0.6 is 0 Å². The van der Waals surface area contributed by atoms with E-state index in [-0.39, 0.29) is 11.2 Å². The molecular formula is C46H33N5O. The SMILES string of the molecule is [C-]#[N+]c1ccc2c(c1)c1cc([N+]#[C-])ccc1n2-c1ccccc1-c1cc(-c2cccc(-c3cc(C(C)(C)C)ccn3)c2)nc(-c2ccccc2O)c1. The van der Waals surface area contributed by atoms with E-state index in [1.54, 1.807) is 6.07 Å². The molecule has 0 aliphatic heterocycles. The molecule has 5 aromatic carbocycles. The molecular weight excluding hydrogens is 639 g/mol. The fourth-order valence-electron chi connectivity index (χ4n) is 6.87. The Morgan fingerprint density at radius 2 is 1.19 bits per heavy atom. The molecule has 0 saturated heterocycles. The highest BCUT2D eigenvalue weighted by Gasteiger charge is 2.19. The zero-order valence-corrected chi connectivity index (χ0v) is 29.0. The van der Waals surface area contributed by atoms with Crippen LogP contribution in [-0.2, 0) is 5.41 Å². The van der Waals surface area contributed by atoms with Gasteiger partial charge < -0.3 is 9.67 Å². The van der Waals surface area contributed by atoms with Gasteiger partial charge in [-0.25, -0.2) is 14.7 Å². The van der Waals surface area contributed by atoms with Crippen LogP contribution in [0.1, 0.15) is 26.3 Å². The van der Waals surface area contributed by atoms with E-state index >= 15 is 0 Å². The van der Waals surface area contributed by atoms with Crippen molar-refractivity contribution in [3.05, 3.63) is 168 Å². The first-order valence-corrected chi connectivity index (χ1v) is 17.0. The van der Waals surface area contributed by atoms with E-state index in [1.807, 2.05) is 85.1 Å². The van der Waals surface area contributed by atoms with Crippen LogP contribution in [0, 0.1) is 13.1 Å². The molecule has 0 spiro atoms. The van der Waals surface area contributed by atoms with Crippen LogP contribution in [0.15, 0.2) is 140 Å². The molecule has 1 N–H and O–H groups in total. The predicted octanol–water partition coefficient (Wildman–Crippen LogP) is 12.3. The number of aromatic hydroxyl groups is 1. The van der Waals surface area contributed by atoms with Crippen molar-refractivity contribution in [2.45, 2.75) is 26.2 Å². The molecule has 0 atom stereocenters. The number of aromatic nitrogens is 3. The van der Waals surface area contributed by atoms with Crippen molar-refractivity contribution in [3.63, 3.8) is 0 Å². The molecule has 0 radical (unpaired) electrons. The lowest BCUT2D eigenvalue weighted by molar-refractivity contribution is 0.477. The van der Waals surface area contributed by atoms with Crippen LogP contribution in [-0.4, -0.2) is 19.6 Å². The highest BCUT2D eigenvalue weighted by molar-refractivity contribution is 6.11. The first-order chi connectivity index (χ1) is 25.2. The van der Waals surface area contributed by atoms with Gasteiger partial charge in [-0.3, -0.25) is 4.98 Å². The van der Waals surface area contributed by atoms with Gasteiger partial charge in [0.15, 0.2) is 11.4 Å². The minimum atomic E-state index is -0.0139. The molecule has 52 heavy (non-hydrogen) atoms. The molecule has 248 valence electrons. The number of hydrogen-bond donors (Lipinski definition) is 1. The first-order valence-electron chi connectivity index (χ1n) is 17.0. The summed E-state index contributed by atoms with van der Waals surface area (Å²) in [6.45, 7) is 21.9. The van der Waals surface area contributed by atoms with Crippen LogP contribution in [0.4, 0.5) is 11.4 Å². The fraction of sp³-hybridized carbons (Fsp3) is 0.0870. The minimum Gasteiger partial charge on any atom is -0.507 e. The number of fused-ring (bicyclic) bond motifs is 3. The van der Waals surface area contributed by atoms with Gasteiger partial charge in [0.25, 0.3) is 0 Å². The molecule has 6 heteroatoms. The molecule has 6 nitrogen and oxygen atoms in total. The standard InChI is InChI=1S/C46H33N5O/c1-46(2,3)32-21-22-49-39(26-32)29-11-10-12-30(23-29)40-24-31(25-41(50-40)36-14-7-9-16-45(36)52)35-13-6-8-15-42(35)51-43-19-17-33(47-4)27-37(43)38-28-34(48-5)18-20-44(38)51/h6-28,52H,1-3H3. The van der Waals surface area contributed by atoms with Gasteiger partial charge in [0.2, 0.25) is 0 Å². The number of pyridine rings is 2. The van der Waals surface area contributed by atoms with Crippen molar-refractivity contribution in [3.8, 4) is 56.3 Å². The van der Waals surface area contributed by atoms with E-state index in [0.29, 0.717) is 22.6 Å². The highest BCUT2D eigenvalue weighted by atomic mass is 16.3. The average Bonchev–Trinajstić information content (AvgIpc) is 3.50. The van der Waals surface area contributed by atoms with Crippen molar-refractivity contribution in [1.29, 1.82) is 0 Å². The summed E-state index contributed by atoms with van der Waals surface area (Å²) in [7, 11) is 0. The molecule has 3 aromatic heterocycles. The zero-order valence-electron chi connectivity index (χ0n) is 29.0. The normalized spacial score (nSPS) is 11.4. The van der Waals surface area contributed by atoms with E-state index in [4.69, 9.17) is 23.1 Å². The van der Waals surface area contributed by atoms with Crippen molar-refractivity contribution in [2.24, 2.45) is 0 Å². The summed E-state index contributed by atoms with van der Waals surface area (Å²) in [6, 6.07) is 43.6. The van der Waals surface area contributed by atoms with Crippen LogP contribution in [0.3, 0.4) is 0 Å². The molecule has 0 bridgehead atoms. The number of hydrogen-bond acceptors (Lipinski definition) is 3. The largest absolute Gasteiger partial charge is 0.507 e. The lowest BCUT2D eigenvalue weighted by Crippen LogP contribution is -2.11. The third-order valence-electron chi connectivity index (χ3n) is 9.53. The predicted molar refractivity (Wildman–Crippen MR) is 211 cm³/mol. The van der Waals surface area contributed by atoms with Gasteiger partial charge in [-0.2, -0.15) is 0 Å². The van der Waals surface area contributed by atoms with Crippen molar-refractivity contribution < 1.29 is 5.11 Å². The maximum Gasteiger partial charge on any atom is 0.188 e. The molecule has 0 fully saturated rings. The van der Waals surface area contributed by atoms with Gasteiger partial charge in [0.05, 0.1) is 46.9 Å². The Bertz CT molecular complexity index is 2700. The Morgan fingerprint density at radius 3 is 1.85 bits per heavy atom. The summed E-state index contributed by atoms with van der Waals surface area (Å²) in [5, 5.41) is 12.8. The number of phenols is 1. The third-order valence-corrected chi connectivity index (χ3v) is 9.53. The van der Waals surface area contributed by atoms with Gasteiger partial charge in [0.1, 0.15) is 5.75 Å². The molecule has 0 amide bonds. The number of para-hydroxylation sites is 2. The second-order valence-electron chi connectivity index (χ2n) is 13.9. The van der Waals surface area contributed by atoms with Gasteiger partial charge in [-0.15, -0.1) is 0 Å². The maximum absolute atomic E-state index is 11.0. The molecule has 0 aliphatic carbocycles. The number of rotatable bonds is 5. The molecule has 8 aromatic rings. The Balaban J connectivity index is 1.36. The summed E-state index contributed by atoms with van der Waals surface area (Å²) < 4.78 is 2.20. The molecule has 0 aliphatic rings. The fourth-order valence-corrected chi connectivity index (χ4v) is 6.87. The van der Waals surface area contributed by atoms with Gasteiger partial charge in [0, 0.05) is 28.5 Å². The van der Waals surface area contributed by atoms with E-state index in [2.05, 4.69) is 83.6 Å². The lowest BCUT2D eigenvalue weighted by atomic mass is 9.87. The van der Waals surface area contributed by atoms with Crippen LogP contribution in [0.2, 0.25) is 0 Å². The summed E-state index contributed by atoms with van der Waals surface area (Å²) in [4.78, 5) is 17.2.